The minimum absolute atomic E-state index is 0.0620. The fourth-order valence-corrected chi connectivity index (χ4v) is 1.99. The van der Waals surface area contributed by atoms with Crippen molar-refractivity contribution in [3.8, 4) is 6.07 Å². The lowest BCUT2D eigenvalue weighted by Crippen LogP contribution is -2.28. The largest absolute Gasteiger partial charge is 0.394 e. The van der Waals surface area contributed by atoms with E-state index >= 15 is 0 Å². The van der Waals surface area contributed by atoms with Gasteiger partial charge in [-0.15, -0.1) is 0 Å². The first kappa shape index (κ1) is 12.7. The number of nitrogens with two attached hydrogens (primary N) is 1. The summed E-state index contributed by atoms with van der Waals surface area (Å²) < 4.78 is 6.72. The van der Waals surface area contributed by atoms with Gasteiger partial charge >= 0.3 is 0 Å². The van der Waals surface area contributed by atoms with Gasteiger partial charge in [0.1, 0.15) is 17.5 Å². The normalized spacial score (nSPS) is 16.4. The molecule has 1 aliphatic rings. The first-order valence-corrected chi connectivity index (χ1v) is 5.97. The Balaban J connectivity index is 2.16. The summed E-state index contributed by atoms with van der Waals surface area (Å²) in [6.45, 7) is 1.65. The maximum atomic E-state index is 9.10. The molecular formula is C11H17N5O2. The summed E-state index contributed by atoms with van der Waals surface area (Å²) in [5.41, 5.74) is 6.15. The summed E-state index contributed by atoms with van der Waals surface area (Å²) in [6.07, 6.45) is 1.77. The van der Waals surface area contributed by atoms with Crippen molar-refractivity contribution < 1.29 is 9.84 Å². The SMILES string of the molecule is N#Cc1c(NC2CCOCC2)nn(CCO)c1N. The first-order chi connectivity index (χ1) is 8.76. The smallest absolute Gasteiger partial charge is 0.168 e. The molecule has 1 aromatic heterocycles. The van der Waals surface area contributed by atoms with Crippen LogP contribution in [0.3, 0.4) is 0 Å². The molecule has 98 valence electrons. The third kappa shape index (κ3) is 2.55. The average Bonchev–Trinajstić information content (AvgIpc) is 2.67. The van der Waals surface area contributed by atoms with E-state index in [1.807, 2.05) is 6.07 Å². The Morgan fingerprint density at radius 1 is 1.56 bits per heavy atom. The molecule has 7 heteroatoms. The number of aromatic nitrogens is 2. The van der Waals surface area contributed by atoms with Gasteiger partial charge in [0.2, 0.25) is 0 Å². The molecule has 2 heterocycles. The quantitative estimate of drug-likeness (QED) is 0.690. The molecule has 1 aliphatic heterocycles. The van der Waals surface area contributed by atoms with Crippen molar-refractivity contribution in [3.05, 3.63) is 5.56 Å². The molecular weight excluding hydrogens is 234 g/mol. The van der Waals surface area contributed by atoms with E-state index in [9.17, 15) is 0 Å². The second kappa shape index (κ2) is 5.71. The second-order valence-electron chi connectivity index (χ2n) is 4.20. The van der Waals surface area contributed by atoms with Crippen LogP contribution in [0.4, 0.5) is 11.6 Å². The number of rotatable bonds is 4. The summed E-state index contributed by atoms with van der Waals surface area (Å²) in [4.78, 5) is 0. The van der Waals surface area contributed by atoms with Gasteiger partial charge in [-0.2, -0.15) is 10.4 Å². The number of nitriles is 1. The highest BCUT2D eigenvalue weighted by Crippen LogP contribution is 2.23. The fourth-order valence-electron chi connectivity index (χ4n) is 1.99. The first-order valence-electron chi connectivity index (χ1n) is 5.97. The van der Waals surface area contributed by atoms with Crippen LogP contribution in [-0.2, 0) is 11.3 Å². The highest BCUT2D eigenvalue weighted by Gasteiger charge is 2.20. The molecule has 0 saturated carbocycles. The summed E-state index contributed by atoms with van der Waals surface area (Å²) in [5.74, 6) is 0.788. The Morgan fingerprint density at radius 2 is 2.28 bits per heavy atom. The van der Waals surface area contributed by atoms with Crippen molar-refractivity contribution in [2.24, 2.45) is 0 Å². The molecule has 7 nitrogen and oxygen atoms in total. The predicted molar refractivity (Wildman–Crippen MR) is 65.9 cm³/mol. The number of nitrogens with zero attached hydrogens (tertiary/aromatic N) is 3. The summed E-state index contributed by atoms with van der Waals surface area (Å²) in [7, 11) is 0. The Bertz CT molecular complexity index is 445. The zero-order valence-electron chi connectivity index (χ0n) is 10.1. The molecule has 0 spiro atoms. The minimum Gasteiger partial charge on any atom is -0.394 e. The molecule has 0 atom stereocenters. The van der Waals surface area contributed by atoms with E-state index in [-0.39, 0.29) is 19.2 Å². The zero-order chi connectivity index (χ0) is 13.0. The Kier molecular flexibility index (Phi) is 4.02. The van der Waals surface area contributed by atoms with E-state index < -0.39 is 0 Å². The second-order valence-corrected chi connectivity index (χ2v) is 4.20. The van der Waals surface area contributed by atoms with Gasteiger partial charge in [0.15, 0.2) is 5.82 Å². The van der Waals surface area contributed by atoms with Crippen molar-refractivity contribution in [1.29, 1.82) is 5.26 Å². The highest BCUT2D eigenvalue weighted by atomic mass is 16.5. The van der Waals surface area contributed by atoms with Crippen LogP contribution < -0.4 is 11.1 Å². The lowest BCUT2D eigenvalue weighted by molar-refractivity contribution is 0.0903. The van der Waals surface area contributed by atoms with E-state index in [0.717, 1.165) is 12.8 Å². The minimum atomic E-state index is -0.0620. The Morgan fingerprint density at radius 3 is 2.89 bits per heavy atom. The molecule has 0 aliphatic carbocycles. The van der Waals surface area contributed by atoms with Crippen LogP contribution in [0.25, 0.3) is 0 Å². The standard InChI is InChI=1S/C11H17N5O2/c12-7-9-10(13)16(3-4-17)15-11(9)14-8-1-5-18-6-2-8/h8,17H,1-6,13H2,(H,14,15). The van der Waals surface area contributed by atoms with Crippen molar-refractivity contribution >= 4 is 11.6 Å². The van der Waals surface area contributed by atoms with Crippen LogP contribution in [-0.4, -0.2) is 40.7 Å². The Labute approximate surface area is 105 Å². The van der Waals surface area contributed by atoms with Gasteiger partial charge in [-0.1, -0.05) is 0 Å². The van der Waals surface area contributed by atoms with Crippen LogP contribution in [0, 0.1) is 11.3 Å². The van der Waals surface area contributed by atoms with Crippen LogP contribution in [0.2, 0.25) is 0 Å². The topological polar surface area (TPSA) is 109 Å². The van der Waals surface area contributed by atoms with Crippen molar-refractivity contribution in [3.63, 3.8) is 0 Å². The van der Waals surface area contributed by atoms with E-state index in [0.29, 0.717) is 30.4 Å². The Hall–Kier alpha value is -1.78. The van der Waals surface area contributed by atoms with Crippen LogP contribution in [0.1, 0.15) is 18.4 Å². The van der Waals surface area contributed by atoms with Crippen LogP contribution in [0.5, 0.6) is 0 Å². The maximum Gasteiger partial charge on any atom is 0.168 e. The fraction of sp³-hybridized carbons (Fsp3) is 0.636. The molecule has 0 radical (unpaired) electrons. The number of nitrogens with one attached hydrogen (secondary N) is 1. The summed E-state index contributed by atoms with van der Waals surface area (Å²) in [6, 6.07) is 2.30. The van der Waals surface area contributed by atoms with Gasteiger partial charge in [-0.05, 0) is 12.8 Å². The molecule has 1 saturated heterocycles. The molecule has 0 unspecified atom stereocenters. The highest BCUT2D eigenvalue weighted by molar-refractivity contribution is 5.64. The van der Waals surface area contributed by atoms with Gasteiger partial charge < -0.3 is 20.9 Å². The molecule has 4 N–H and O–H groups in total. The molecule has 0 bridgehead atoms. The molecule has 18 heavy (non-hydrogen) atoms. The lowest BCUT2D eigenvalue weighted by Gasteiger charge is -2.22. The molecule has 1 aromatic rings. The van der Waals surface area contributed by atoms with Gasteiger partial charge in [0, 0.05) is 19.3 Å². The number of aliphatic hydroxyl groups is 1. The van der Waals surface area contributed by atoms with E-state index in [4.69, 9.17) is 20.8 Å². The number of nitrogen functional groups attached to an aromatic ring is 1. The van der Waals surface area contributed by atoms with Crippen molar-refractivity contribution in [2.75, 3.05) is 30.9 Å². The third-order valence-corrected chi connectivity index (χ3v) is 2.98. The van der Waals surface area contributed by atoms with Crippen molar-refractivity contribution in [1.82, 2.24) is 9.78 Å². The van der Waals surface area contributed by atoms with E-state index in [2.05, 4.69) is 10.4 Å². The summed E-state index contributed by atoms with van der Waals surface area (Å²) in [5, 5.41) is 25.4. The van der Waals surface area contributed by atoms with Crippen molar-refractivity contribution in [2.45, 2.75) is 25.4 Å². The third-order valence-electron chi connectivity index (χ3n) is 2.98. The number of aliphatic hydroxyl groups excluding tert-OH is 1. The van der Waals surface area contributed by atoms with Crippen LogP contribution >= 0.6 is 0 Å². The van der Waals surface area contributed by atoms with Gasteiger partial charge in [-0.25, -0.2) is 4.68 Å². The van der Waals surface area contributed by atoms with Gasteiger partial charge in [-0.3, -0.25) is 0 Å². The average molecular weight is 251 g/mol. The molecule has 0 amide bonds. The number of hydrogen-bond donors (Lipinski definition) is 3. The predicted octanol–water partition coefficient (Wildman–Crippen LogP) is -0.0798. The number of anilines is 2. The van der Waals surface area contributed by atoms with E-state index in [1.54, 1.807) is 0 Å². The number of hydrogen-bond acceptors (Lipinski definition) is 6. The zero-order valence-corrected chi connectivity index (χ0v) is 10.1. The van der Waals surface area contributed by atoms with Crippen LogP contribution in [0.15, 0.2) is 0 Å². The molecule has 0 aromatic carbocycles. The number of ether oxygens (including phenoxy) is 1. The van der Waals surface area contributed by atoms with Gasteiger partial charge in [0.25, 0.3) is 0 Å². The monoisotopic (exact) mass is 251 g/mol. The molecule has 1 fully saturated rings. The molecule has 2 rings (SSSR count). The maximum absolute atomic E-state index is 9.10. The lowest BCUT2D eigenvalue weighted by atomic mass is 10.1. The van der Waals surface area contributed by atoms with Gasteiger partial charge in [0.05, 0.1) is 13.2 Å². The summed E-state index contributed by atoms with van der Waals surface area (Å²) >= 11 is 0. The van der Waals surface area contributed by atoms with E-state index in [1.165, 1.54) is 4.68 Å².